The van der Waals surface area contributed by atoms with E-state index in [4.69, 9.17) is 0 Å². The minimum absolute atomic E-state index is 0.417. The average Bonchev–Trinajstić information content (AvgIpc) is 2.88. The standard InChI is InChI=1S/C15H18N4/c1-11-9-12(2)18-15(17-11)13-6-8-19(10-13)14-5-3-4-7-16-14/h3-5,7,9,13H,6,8,10H2,1-2H3/t13-/m1/s1. The third kappa shape index (κ3) is 2.57. The summed E-state index contributed by atoms with van der Waals surface area (Å²) in [4.78, 5) is 15.9. The van der Waals surface area contributed by atoms with E-state index in [1.807, 2.05) is 38.2 Å². The summed E-state index contributed by atoms with van der Waals surface area (Å²) in [5, 5.41) is 0. The summed E-state index contributed by atoms with van der Waals surface area (Å²) in [6, 6.07) is 8.06. The Morgan fingerprint density at radius 1 is 1.16 bits per heavy atom. The number of aryl methyl sites for hydroxylation is 2. The van der Waals surface area contributed by atoms with Crippen molar-refractivity contribution in [2.75, 3.05) is 18.0 Å². The summed E-state index contributed by atoms with van der Waals surface area (Å²) >= 11 is 0. The third-order valence-corrected chi connectivity index (χ3v) is 3.53. The molecule has 0 N–H and O–H groups in total. The Labute approximate surface area is 113 Å². The van der Waals surface area contributed by atoms with Gasteiger partial charge in [-0.1, -0.05) is 6.07 Å². The van der Waals surface area contributed by atoms with E-state index in [0.717, 1.165) is 42.5 Å². The first-order valence-corrected chi connectivity index (χ1v) is 6.70. The number of nitrogens with zero attached hydrogens (tertiary/aromatic N) is 4. The Bertz CT molecular complexity index is 547. The van der Waals surface area contributed by atoms with E-state index < -0.39 is 0 Å². The lowest BCUT2D eigenvalue weighted by Crippen LogP contribution is -2.20. The second-order valence-corrected chi connectivity index (χ2v) is 5.13. The first kappa shape index (κ1) is 12.1. The molecule has 1 saturated heterocycles. The maximum absolute atomic E-state index is 4.59. The average molecular weight is 254 g/mol. The van der Waals surface area contributed by atoms with Gasteiger partial charge in [0.25, 0.3) is 0 Å². The minimum atomic E-state index is 0.417. The molecule has 0 unspecified atom stereocenters. The Morgan fingerprint density at radius 3 is 2.63 bits per heavy atom. The van der Waals surface area contributed by atoms with Crippen molar-refractivity contribution in [1.82, 2.24) is 15.0 Å². The normalized spacial score (nSPS) is 18.8. The van der Waals surface area contributed by atoms with Gasteiger partial charge in [-0.2, -0.15) is 0 Å². The van der Waals surface area contributed by atoms with Gasteiger partial charge in [-0.3, -0.25) is 0 Å². The quantitative estimate of drug-likeness (QED) is 0.825. The molecule has 3 rings (SSSR count). The van der Waals surface area contributed by atoms with Gasteiger partial charge < -0.3 is 4.90 Å². The van der Waals surface area contributed by atoms with Crippen molar-refractivity contribution in [1.29, 1.82) is 0 Å². The molecule has 19 heavy (non-hydrogen) atoms. The number of hydrogen-bond donors (Lipinski definition) is 0. The third-order valence-electron chi connectivity index (χ3n) is 3.53. The molecule has 0 bridgehead atoms. The van der Waals surface area contributed by atoms with Gasteiger partial charge in [0.05, 0.1) is 0 Å². The summed E-state index contributed by atoms with van der Waals surface area (Å²) in [6.45, 7) is 6.05. The molecule has 4 heteroatoms. The number of aromatic nitrogens is 3. The Morgan fingerprint density at radius 2 is 1.95 bits per heavy atom. The highest BCUT2D eigenvalue weighted by molar-refractivity contribution is 5.40. The van der Waals surface area contributed by atoms with E-state index in [9.17, 15) is 0 Å². The van der Waals surface area contributed by atoms with Crippen LogP contribution in [-0.2, 0) is 0 Å². The van der Waals surface area contributed by atoms with Crippen LogP contribution in [-0.4, -0.2) is 28.0 Å². The van der Waals surface area contributed by atoms with Crippen LogP contribution in [0.2, 0.25) is 0 Å². The summed E-state index contributed by atoms with van der Waals surface area (Å²) in [5.74, 6) is 2.45. The summed E-state index contributed by atoms with van der Waals surface area (Å²) in [7, 11) is 0. The molecule has 0 aromatic carbocycles. The largest absolute Gasteiger partial charge is 0.356 e. The highest BCUT2D eigenvalue weighted by Crippen LogP contribution is 2.27. The van der Waals surface area contributed by atoms with Crippen molar-refractivity contribution in [3.8, 4) is 0 Å². The maximum Gasteiger partial charge on any atom is 0.133 e. The van der Waals surface area contributed by atoms with Crippen LogP contribution in [0.1, 0.15) is 29.6 Å². The maximum atomic E-state index is 4.59. The second-order valence-electron chi connectivity index (χ2n) is 5.13. The van der Waals surface area contributed by atoms with Crippen LogP contribution in [0, 0.1) is 13.8 Å². The minimum Gasteiger partial charge on any atom is -0.356 e. The van der Waals surface area contributed by atoms with Gasteiger partial charge in [0.2, 0.25) is 0 Å². The molecule has 1 atom stereocenters. The van der Waals surface area contributed by atoms with E-state index in [2.05, 4.69) is 25.9 Å². The lowest BCUT2D eigenvalue weighted by atomic mass is 10.1. The SMILES string of the molecule is Cc1cc(C)nc([C@@H]2CCN(c3ccccn3)C2)n1. The Kier molecular flexibility index (Phi) is 3.15. The van der Waals surface area contributed by atoms with Crippen LogP contribution in [0.5, 0.6) is 0 Å². The zero-order valence-corrected chi connectivity index (χ0v) is 11.4. The van der Waals surface area contributed by atoms with Gasteiger partial charge in [-0.05, 0) is 38.5 Å². The van der Waals surface area contributed by atoms with Gasteiger partial charge in [0, 0.05) is 36.6 Å². The fourth-order valence-electron chi connectivity index (χ4n) is 2.66. The fourth-order valence-corrected chi connectivity index (χ4v) is 2.66. The molecule has 2 aromatic rings. The zero-order valence-electron chi connectivity index (χ0n) is 11.4. The topological polar surface area (TPSA) is 41.9 Å². The molecule has 0 radical (unpaired) electrons. The van der Waals surface area contributed by atoms with Gasteiger partial charge in [0.1, 0.15) is 11.6 Å². The lowest BCUT2D eigenvalue weighted by Gasteiger charge is -2.17. The molecule has 1 aliphatic heterocycles. The summed E-state index contributed by atoms with van der Waals surface area (Å²) < 4.78 is 0. The van der Waals surface area contributed by atoms with E-state index in [0.29, 0.717) is 5.92 Å². The van der Waals surface area contributed by atoms with Gasteiger partial charge in [-0.25, -0.2) is 15.0 Å². The van der Waals surface area contributed by atoms with Crippen LogP contribution in [0.25, 0.3) is 0 Å². The number of anilines is 1. The van der Waals surface area contributed by atoms with Crippen LogP contribution >= 0.6 is 0 Å². The second kappa shape index (κ2) is 4.96. The first-order chi connectivity index (χ1) is 9.22. The van der Waals surface area contributed by atoms with E-state index >= 15 is 0 Å². The van der Waals surface area contributed by atoms with Crippen molar-refractivity contribution in [3.63, 3.8) is 0 Å². The van der Waals surface area contributed by atoms with Crippen LogP contribution in [0.15, 0.2) is 30.5 Å². The van der Waals surface area contributed by atoms with Crippen LogP contribution in [0.4, 0.5) is 5.82 Å². The van der Waals surface area contributed by atoms with Crippen molar-refractivity contribution in [2.24, 2.45) is 0 Å². The highest BCUT2D eigenvalue weighted by Gasteiger charge is 2.26. The Balaban J connectivity index is 1.79. The molecule has 0 amide bonds. The molecule has 0 spiro atoms. The van der Waals surface area contributed by atoms with Crippen LogP contribution in [0.3, 0.4) is 0 Å². The van der Waals surface area contributed by atoms with Crippen molar-refractivity contribution in [2.45, 2.75) is 26.2 Å². The Hall–Kier alpha value is -1.97. The molecule has 98 valence electrons. The molecule has 0 saturated carbocycles. The van der Waals surface area contributed by atoms with E-state index in [-0.39, 0.29) is 0 Å². The molecule has 1 fully saturated rings. The first-order valence-electron chi connectivity index (χ1n) is 6.70. The molecule has 3 heterocycles. The number of hydrogen-bond acceptors (Lipinski definition) is 4. The predicted octanol–water partition coefficient (Wildman–Crippen LogP) is 2.48. The fraction of sp³-hybridized carbons (Fsp3) is 0.400. The molecule has 0 aliphatic carbocycles. The lowest BCUT2D eigenvalue weighted by molar-refractivity contribution is 0.699. The van der Waals surface area contributed by atoms with Gasteiger partial charge >= 0.3 is 0 Å². The molecule has 2 aromatic heterocycles. The molecular weight excluding hydrogens is 236 g/mol. The van der Waals surface area contributed by atoms with E-state index in [1.54, 1.807) is 0 Å². The zero-order chi connectivity index (χ0) is 13.2. The number of pyridine rings is 1. The summed E-state index contributed by atoms with van der Waals surface area (Å²) in [6.07, 6.45) is 2.94. The summed E-state index contributed by atoms with van der Waals surface area (Å²) in [5.41, 5.74) is 2.11. The van der Waals surface area contributed by atoms with Crippen molar-refractivity contribution >= 4 is 5.82 Å². The molecular formula is C15H18N4. The van der Waals surface area contributed by atoms with E-state index in [1.165, 1.54) is 0 Å². The monoisotopic (exact) mass is 254 g/mol. The van der Waals surface area contributed by atoms with Crippen molar-refractivity contribution in [3.05, 3.63) is 47.7 Å². The predicted molar refractivity (Wildman–Crippen MR) is 75.3 cm³/mol. The smallest absolute Gasteiger partial charge is 0.133 e. The number of rotatable bonds is 2. The van der Waals surface area contributed by atoms with Crippen molar-refractivity contribution < 1.29 is 0 Å². The molecule has 1 aliphatic rings. The van der Waals surface area contributed by atoms with Gasteiger partial charge in [-0.15, -0.1) is 0 Å². The van der Waals surface area contributed by atoms with Gasteiger partial charge in [0.15, 0.2) is 0 Å². The molecule has 4 nitrogen and oxygen atoms in total. The van der Waals surface area contributed by atoms with Crippen LogP contribution < -0.4 is 4.90 Å². The highest BCUT2D eigenvalue weighted by atomic mass is 15.2.